The maximum Gasteiger partial charge on any atom is 0.0998 e. The third kappa shape index (κ3) is 3.09. The lowest BCUT2D eigenvalue weighted by Gasteiger charge is -2.73. The topological polar surface area (TPSA) is 79.1 Å². The molecule has 5 nitrogen and oxygen atoms in total. The van der Waals surface area contributed by atoms with Crippen LogP contribution in [0.15, 0.2) is 22.5 Å². The molecule has 2 unspecified atom stereocenters. The highest BCUT2D eigenvalue weighted by Crippen LogP contribution is 2.77. The molecule has 0 saturated heterocycles. The molecule has 0 spiro atoms. The van der Waals surface area contributed by atoms with Crippen LogP contribution in [0.2, 0.25) is 0 Å². The Kier molecular flexibility index (Phi) is 5.98. The van der Waals surface area contributed by atoms with Crippen LogP contribution in [0.3, 0.4) is 0 Å². The number of nitrogens with zero attached hydrogens (tertiary/aromatic N) is 2. The number of fused-ring (bicyclic) bond motifs is 7. The van der Waals surface area contributed by atoms with Gasteiger partial charge in [0.25, 0.3) is 0 Å². The molecule has 0 heterocycles. The molecular weight excluding hydrogens is 436 g/mol. The fourth-order valence-electron chi connectivity index (χ4n) is 11.9. The summed E-state index contributed by atoms with van der Waals surface area (Å²) in [5.41, 5.74) is 1.54. The second kappa shape index (κ2) is 8.20. The van der Waals surface area contributed by atoms with E-state index in [-0.39, 0.29) is 34.3 Å². The first-order valence-electron chi connectivity index (χ1n) is 14.4. The molecule has 0 bridgehead atoms. The summed E-state index contributed by atoms with van der Waals surface area (Å²) in [7, 11) is 0. The van der Waals surface area contributed by atoms with Gasteiger partial charge in [-0.1, -0.05) is 50.2 Å². The predicted molar refractivity (Wildman–Crippen MR) is 141 cm³/mol. The van der Waals surface area contributed by atoms with E-state index < -0.39 is 5.41 Å². The summed E-state index contributed by atoms with van der Waals surface area (Å²) < 4.78 is 0. The largest absolute Gasteiger partial charge is 0.396 e. The normalized spacial score (nSPS) is 55.1. The van der Waals surface area contributed by atoms with Crippen molar-refractivity contribution in [2.75, 3.05) is 13.2 Å². The van der Waals surface area contributed by atoms with Crippen molar-refractivity contribution in [2.24, 2.45) is 67.0 Å². The molecule has 0 aliphatic heterocycles. The highest BCUT2D eigenvalue weighted by Gasteiger charge is 2.71. The second-order valence-electron chi connectivity index (χ2n) is 14.7. The van der Waals surface area contributed by atoms with Crippen molar-refractivity contribution in [1.82, 2.24) is 0 Å². The molecule has 0 amide bonds. The smallest absolute Gasteiger partial charge is 0.0998 e. The van der Waals surface area contributed by atoms with Crippen LogP contribution in [0.25, 0.3) is 0 Å². The Labute approximate surface area is 212 Å². The fourth-order valence-corrected chi connectivity index (χ4v) is 11.9. The van der Waals surface area contributed by atoms with Gasteiger partial charge in [-0.3, -0.25) is 0 Å². The number of rotatable bonds is 5. The van der Waals surface area contributed by atoms with Crippen molar-refractivity contribution in [3.63, 3.8) is 0 Å². The average Bonchev–Trinajstić information content (AvgIpc) is 3.19. The fraction of sp³-hybridized carbons (Fsp3) is 0.933. The van der Waals surface area contributed by atoms with Gasteiger partial charge in [0.15, 0.2) is 0 Å². The summed E-state index contributed by atoms with van der Waals surface area (Å²) in [6, 6.07) is -0.275. The molecule has 196 valence electrons. The number of nitroso groups, excluding NO2 is 2. The molecule has 0 aromatic heterocycles. The van der Waals surface area contributed by atoms with Gasteiger partial charge in [0, 0.05) is 5.41 Å². The maximum atomic E-state index is 11.8. The van der Waals surface area contributed by atoms with Gasteiger partial charge in [0.1, 0.15) is 0 Å². The van der Waals surface area contributed by atoms with E-state index >= 15 is 0 Å². The third-order valence-electron chi connectivity index (χ3n) is 13.9. The Balaban J connectivity index is 1.55. The molecule has 11 atom stereocenters. The van der Waals surface area contributed by atoms with Crippen LogP contribution < -0.4 is 0 Å². The van der Waals surface area contributed by atoms with E-state index in [1.165, 1.54) is 24.8 Å². The van der Waals surface area contributed by atoms with E-state index in [0.29, 0.717) is 36.1 Å². The van der Waals surface area contributed by atoms with Crippen LogP contribution in [0.1, 0.15) is 98.8 Å². The van der Waals surface area contributed by atoms with Gasteiger partial charge in [-0.15, -0.1) is 0 Å². The van der Waals surface area contributed by atoms with Gasteiger partial charge in [0.2, 0.25) is 0 Å². The molecule has 5 rings (SSSR count). The summed E-state index contributed by atoms with van der Waals surface area (Å²) in [4.78, 5) is 23.4. The molecule has 5 saturated carbocycles. The Hall–Kier alpha value is -1.10. The van der Waals surface area contributed by atoms with Crippen LogP contribution in [-0.4, -0.2) is 24.3 Å². The van der Waals surface area contributed by atoms with Crippen LogP contribution in [0, 0.1) is 66.5 Å². The van der Waals surface area contributed by atoms with Gasteiger partial charge in [-0.25, -0.2) is 0 Å². The Morgan fingerprint density at radius 2 is 1.63 bits per heavy atom. The molecular formula is C30H48N2O3. The lowest BCUT2D eigenvalue weighted by atomic mass is 9.32. The lowest BCUT2D eigenvalue weighted by Crippen LogP contribution is -2.67. The zero-order valence-electron chi connectivity index (χ0n) is 22.8. The Morgan fingerprint density at radius 3 is 2.26 bits per heavy atom. The summed E-state index contributed by atoms with van der Waals surface area (Å²) in [5, 5.41) is 17.6. The van der Waals surface area contributed by atoms with Gasteiger partial charge in [-0.05, 0) is 122 Å². The van der Waals surface area contributed by atoms with E-state index in [4.69, 9.17) is 0 Å². The molecule has 5 fully saturated rings. The number of aliphatic hydroxyl groups is 1. The highest BCUT2D eigenvalue weighted by atomic mass is 16.3. The highest BCUT2D eigenvalue weighted by molar-refractivity contribution is 5.22. The number of aliphatic hydroxyl groups excluding tert-OH is 1. The number of hydrogen-bond acceptors (Lipinski definition) is 5. The molecule has 0 radical (unpaired) electrons. The van der Waals surface area contributed by atoms with Crippen molar-refractivity contribution in [1.29, 1.82) is 0 Å². The molecule has 35 heavy (non-hydrogen) atoms. The van der Waals surface area contributed by atoms with E-state index in [1.807, 2.05) is 0 Å². The summed E-state index contributed by atoms with van der Waals surface area (Å²) in [6.07, 6.45) is 11.1. The molecule has 5 aliphatic carbocycles. The second-order valence-corrected chi connectivity index (χ2v) is 14.7. The average molecular weight is 485 g/mol. The van der Waals surface area contributed by atoms with Crippen LogP contribution in [0.5, 0.6) is 0 Å². The van der Waals surface area contributed by atoms with Gasteiger partial charge >= 0.3 is 0 Å². The SMILES string of the molecule is C=C(C)[C@@H]1CC[C@]2(CN=O)CC[C@]3(C)[C@H](CC[C@@H]4[C@@]5(C)CCC(N=O)C(C)(CO)[C@@H]5CC[C@]43C)[C@@H]12. The van der Waals surface area contributed by atoms with Gasteiger partial charge in [-0.2, -0.15) is 9.81 Å². The minimum absolute atomic E-state index is 0.0522. The standard InChI is InChI=1S/C30H48N2O3/c1-19(2)20-9-14-30(17-31-34)16-15-28(5)21(25(20)30)7-8-23-26(3)12-11-24(32-35)27(4,18-33)22(26)10-13-29(23,28)6/h20-25,33H,1,7-18H2,2-6H3/t20-,21+,22+,23+,24?,25+,26-,27?,28+,29+,30+/m0/s1. The van der Waals surface area contributed by atoms with Crippen LogP contribution in [-0.2, 0) is 0 Å². The van der Waals surface area contributed by atoms with E-state index in [2.05, 4.69) is 51.6 Å². The van der Waals surface area contributed by atoms with Crippen molar-refractivity contribution in [3.05, 3.63) is 22.0 Å². The molecule has 1 N–H and O–H groups in total. The zero-order valence-corrected chi connectivity index (χ0v) is 22.8. The molecule has 0 aromatic rings. The number of allylic oxidation sites excluding steroid dienone is 1. The third-order valence-corrected chi connectivity index (χ3v) is 13.9. The number of hydrogen-bond donors (Lipinski definition) is 1. The summed E-state index contributed by atoms with van der Waals surface area (Å²) in [6.45, 7) is 17.0. The zero-order chi connectivity index (χ0) is 25.4. The van der Waals surface area contributed by atoms with Crippen molar-refractivity contribution >= 4 is 0 Å². The van der Waals surface area contributed by atoms with Crippen LogP contribution >= 0.6 is 0 Å². The van der Waals surface area contributed by atoms with E-state index in [0.717, 1.165) is 44.9 Å². The summed E-state index contributed by atoms with van der Waals surface area (Å²) in [5.74, 6) is 2.58. The monoisotopic (exact) mass is 484 g/mol. The van der Waals surface area contributed by atoms with Crippen molar-refractivity contribution in [2.45, 2.75) is 105 Å². The van der Waals surface area contributed by atoms with Gasteiger partial charge < -0.3 is 5.11 Å². The first-order chi connectivity index (χ1) is 16.5. The first-order valence-corrected chi connectivity index (χ1v) is 14.4. The van der Waals surface area contributed by atoms with Crippen molar-refractivity contribution in [3.8, 4) is 0 Å². The summed E-state index contributed by atoms with van der Waals surface area (Å²) >= 11 is 0. The van der Waals surface area contributed by atoms with Crippen LogP contribution in [0.4, 0.5) is 0 Å². The van der Waals surface area contributed by atoms with E-state index in [1.54, 1.807) is 0 Å². The maximum absolute atomic E-state index is 11.8. The first kappa shape index (κ1) is 25.5. The molecule has 0 aromatic carbocycles. The lowest BCUT2D eigenvalue weighted by molar-refractivity contribution is -0.241. The Morgan fingerprint density at radius 1 is 0.886 bits per heavy atom. The predicted octanol–water partition coefficient (Wildman–Crippen LogP) is 7.52. The quantitative estimate of drug-likeness (QED) is 0.324. The van der Waals surface area contributed by atoms with E-state index in [9.17, 15) is 14.9 Å². The molecule has 5 heteroatoms. The minimum atomic E-state index is -0.415. The Bertz CT molecular complexity index is 906. The minimum Gasteiger partial charge on any atom is -0.396 e. The molecule has 5 aliphatic rings. The van der Waals surface area contributed by atoms with Gasteiger partial charge in [0.05, 0.1) is 19.2 Å². The van der Waals surface area contributed by atoms with Crippen molar-refractivity contribution < 1.29 is 5.11 Å².